The molecule has 1 fully saturated rings. The van der Waals surface area contributed by atoms with Crippen LogP contribution in [0.15, 0.2) is 0 Å². The van der Waals surface area contributed by atoms with E-state index in [1.54, 1.807) is 0 Å². The van der Waals surface area contributed by atoms with Crippen LogP contribution >= 0.6 is 24.0 Å². The maximum absolute atomic E-state index is 11.9. The average molecular weight is 244 g/mol. The van der Waals surface area contributed by atoms with Gasteiger partial charge < -0.3 is 0 Å². The predicted molar refractivity (Wildman–Crippen MR) is 67.2 cm³/mol. The van der Waals surface area contributed by atoms with Crippen LogP contribution in [0.3, 0.4) is 0 Å². The molecule has 1 rings (SSSR count). The Morgan fingerprint density at radius 3 is 2.27 bits per heavy atom. The highest BCUT2D eigenvalue weighted by atomic mass is 32.2. The second-order valence-electron chi connectivity index (χ2n) is 4.41. The van der Waals surface area contributed by atoms with E-state index in [4.69, 9.17) is 12.2 Å². The number of ketones is 2. The number of thioether (sulfide) groups is 1. The molecule has 0 aromatic rings. The van der Waals surface area contributed by atoms with Crippen molar-refractivity contribution in [1.82, 2.24) is 0 Å². The Kier molecular flexibility index (Phi) is 4.06. The van der Waals surface area contributed by atoms with E-state index >= 15 is 0 Å². The van der Waals surface area contributed by atoms with Gasteiger partial charge in [-0.05, 0) is 18.1 Å². The lowest BCUT2D eigenvalue weighted by Gasteiger charge is -2.34. The summed E-state index contributed by atoms with van der Waals surface area (Å²) in [7, 11) is 0. The summed E-state index contributed by atoms with van der Waals surface area (Å²) in [6, 6.07) is 0. The van der Waals surface area contributed by atoms with E-state index in [1.807, 2.05) is 20.1 Å². The summed E-state index contributed by atoms with van der Waals surface area (Å²) in [6.07, 6.45) is 3.65. The van der Waals surface area contributed by atoms with Crippen LogP contribution in [-0.2, 0) is 9.59 Å². The first kappa shape index (κ1) is 12.8. The lowest BCUT2D eigenvalue weighted by atomic mass is 9.69. The van der Waals surface area contributed by atoms with Crippen LogP contribution in [0.5, 0.6) is 0 Å². The van der Waals surface area contributed by atoms with Crippen molar-refractivity contribution < 1.29 is 9.59 Å². The molecule has 84 valence electrons. The summed E-state index contributed by atoms with van der Waals surface area (Å²) in [5.41, 5.74) is -0.140. The summed E-state index contributed by atoms with van der Waals surface area (Å²) in [5, 5.41) is 0. The lowest BCUT2D eigenvalue weighted by molar-refractivity contribution is -0.136. The Balaban J connectivity index is 2.87. The molecule has 0 unspecified atom stereocenters. The molecule has 0 bridgehead atoms. The number of Topliss-reactive ketones (excluding diaryl/α,β-unsaturated/α-hetero) is 2. The van der Waals surface area contributed by atoms with Gasteiger partial charge in [-0.25, -0.2) is 0 Å². The minimum atomic E-state index is -0.616. The Bertz CT molecular complexity index is 292. The zero-order chi connectivity index (χ0) is 11.6. The molecule has 0 heterocycles. The van der Waals surface area contributed by atoms with Gasteiger partial charge in [0, 0.05) is 12.8 Å². The van der Waals surface area contributed by atoms with Crippen molar-refractivity contribution >= 4 is 39.7 Å². The molecule has 0 aromatic heterocycles. The number of hydrogen-bond donors (Lipinski definition) is 0. The zero-order valence-electron chi connectivity index (χ0n) is 9.33. The Hall–Kier alpha value is -0.220. The molecule has 0 N–H and O–H groups in total. The van der Waals surface area contributed by atoms with Gasteiger partial charge >= 0.3 is 0 Å². The first-order chi connectivity index (χ1) is 6.93. The summed E-state index contributed by atoms with van der Waals surface area (Å²) in [4.78, 5) is 23.7. The minimum Gasteiger partial charge on any atom is -0.298 e. The van der Waals surface area contributed by atoms with Crippen molar-refractivity contribution in [2.75, 3.05) is 6.26 Å². The zero-order valence-corrected chi connectivity index (χ0v) is 11.0. The largest absolute Gasteiger partial charge is 0.298 e. The standard InChI is InChI=1S/C11H16O2S2/c1-4-11(2)5-7(12)9(8(13)6-11)10(14)15-3/h9H,4-6H2,1-3H3. The van der Waals surface area contributed by atoms with Gasteiger partial charge in [0.1, 0.15) is 17.5 Å². The first-order valence-corrected chi connectivity index (χ1v) is 6.70. The molecule has 15 heavy (non-hydrogen) atoms. The Morgan fingerprint density at radius 2 is 1.93 bits per heavy atom. The van der Waals surface area contributed by atoms with Gasteiger partial charge in [-0.2, -0.15) is 0 Å². The quantitative estimate of drug-likeness (QED) is 0.552. The van der Waals surface area contributed by atoms with Crippen molar-refractivity contribution in [3.05, 3.63) is 0 Å². The molecule has 4 heteroatoms. The molecule has 0 amide bonds. The maximum atomic E-state index is 11.9. The summed E-state index contributed by atoms with van der Waals surface area (Å²) in [6.45, 7) is 4.02. The van der Waals surface area contributed by atoms with Crippen molar-refractivity contribution in [2.24, 2.45) is 11.3 Å². The molecule has 1 aliphatic carbocycles. The second kappa shape index (κ2) is 4.74. The van der Waals surface area contributed by atoms with E-state index in [-0.39, 0.29) is 17.0 Å². The minimum absolute atomic E-state index is 0.00921. The first-order valence-electron chi connectivity index (χ1n) is 5.07. The predicted octanol–water partition coefficient (Wildman–Crippen LogP) is 2.64. The van der Waals surface area contributed by atoms with E-state index in [0.29, 0.717) is 17.0 Å². The van der Waals surface area contributed by atoms with E-state index in [9.17, 15) is 9.59 Å². The van der Waals surface area contributed by atoms with Gasteiger partial charge in [0.2, 0.25) is 0 Å². The average Bonchev–Trinajstić information content (AvgIpc) is 2.16. The number of thiocarbonyl (C=S) groups is 1. The summed E-state index contributed by atoms with van der Waals surface area (Å²) >= 11 is 6.40. The maximum Gasteiger partial charge on any atom is 0.149 e. The van der Waals surface area contributed by atoms with Gasteiger partial charge in [0.05, 0.1) is 4.20 Å². The summed E-state index contributed by atoms with van der Waals surface area (Å²) < 4.78 is 0.531. The second-order valence-corrected chi connectivity index (χ2v) is 5.95. The van der Waals surface area contributed by atoms with Gasteiger partial charge in [-0.1, -0.05) is 26.1 Å². The smallest absolute Gasteiger partial charge is 0.149 e. The number of carbonyl (C=O) groups excluding carboxylic acids is 2. The van der Waals surface area contributed by atoms with Gasteiger partial charge in [0.25, 0.3) is 0 Å². The van der Waals surface area contributed by atoms with Crippen LogP contribution in [0.2, 0.25) is 0 Å². The van der Waals surface area contributed by atoms with Crippen molar-refractivity contribution in [2.45, 2.75) is 33.1 Å². The van der Waals surface area contributed by atoms with Gasteiger partial charge in [-0.3, -0.25) is 9.59 Å². The van der Waals surface area contributed by atoms with Crippen LogP contribution in [0.1, 0.15) is 33.1 Å². The van der Waals surface area contributed by atoms with E-state index in [2.05, 4.69) is 0 Å². The van der Waals surface area contributed by atoms with Crippen LogP contribution in [0.25, 0.3) is 0 Å². The molecule has 2 nitrogen and oxygen atoms in total. The molecule has 0 atom stereocenters. The fourth-order valence-electron chi connectivity index (χ4n) is 1.92. The van der Waals surface area contributed by atoms with Crippen molar-refractivity contribution in [1.29, 1.82) is 0 Å². The Morgan fingerprint density at radius 1 is 1.47 bits per heavy atom. The molecule has 0 radical (unpaired) electrons. The molecule has 1 aliphatic rings. The van der Waals surface area contributed by atoms with Crippen LogP contribution in [-0.4, -0.2) is 22.0 Å². The molecular weight excluding hydrogens is 228 g/mol. The van der Waals surface area contributed by atoms with Crippen molar-refractivity contribution in [3.63, 3.8) is 0 Å². The monoisotopic (exact) mass is 244 g/mol. The highest BCUT2D eigenvalue weighted by Gasteiger charge is 2.42. The van der Waals surface area contributed by atoms with Crippen molar-refractivity contribution in [3.8, 4) is 0 Å². The number of carbonyl (C=O) groups is 2. The van der Waals surface area contributed by atoms with Crippen LogP contribution in [0.4, 0.5) is 0 Å². The topological polar surface area (TPSA) is 34.1 Å². The Labute approximate surface area is 100 Å². The molecule has 0 saturated heterocycles. The van der Waals surface area contributed by atoms with E-state index < -0.39 is 5.92 Å². The van der Waals surface area contributed by atoms with E-state index in [1.165, 1.54) is 11.8 Å². The lowest BCUT2D eigenvalue weighted by Crippen LogP contribution is -2.41. The molecule has 0 aliphatic heterocycles. The fraction of sp³-hybridized carbons (Fsp3) is 0.727. The summed E-state index contributed by atoms with van der Waals surface area (Å²) in [5.74, 6) is -0.598. The third kappa shape index (κ3) is 2.67. The van der Waals surface area contributed by atoms with E-state index in [0.717, 1.165) is 6.42 Å². The number of hydrogen-bond acceptors (Lipinski definition) is 4. The third-order valence-electron chi connectivity index (χ3n) is 3.14. The van der Waals surface area contributed by atoms with Crippen LogP contribution < -0.4 is 0 Å². The third-order valence-corrected chi connectivity index (χ3v) is 4.51. The van der Waals surface area contributed by atoms with Gasteiger partial charge in [-0.15, -0.1) is 11.8 Å². The highest BCUT2D eigenvalue weighted by Crippen LogP contribution is 2.38. The molecule has 0 aromatic carbocycles. The molecule has 1 saturated carbocycles. The number of rotatable bonds is 2. The molecular formula is C11H16O2S2. The molecule has 0 spiro atoms. The normalized spacial score (nSPS) is 31.8. The SMILES string of the molecule is CCC1(C)CC(=O)C(C(=S)SC)C(=O)C1. The van der Waals surface area contributed by atoms with Gasteiger partial charge in [0.15, 0.2) is 0 Å². The highest BCUT2D eigenvalue weighted by molar-refractivity contribution is 8.22. The fourth-order valence-corrected chi connectivity index (χ4v) is 2.68. The van der Waals surface area contributed by atoms with Crippen LogP contribution in [0, 0.1) is 11.3 Å².